The number of hydrogen-bond donors (Lipinski definition) is 1. The molecule has 0 radical (unpaired) electrons. The molecule has 0 spiro atoms. The van der Waals surface area contributed by atoms with Crippen molar-refractivity contribution in [2.24, 2.45) is 0 Å². The SMILES string of the molecule is Cc1ccc2nc(-c3ccc(C)c(NC(=O)c4ccc(C(C)C)cc4)c3)oc2c1. The lowest BCUT2D eigenvalue weighted by atomic mass is 10.0. The van der Waals surface area contributed by atoms with Crippen LogP contribution in [0.25, 0.3) is 22.6 Å². The molecular weight excluding hydrogens is 360 g/mol. The van der Waals surface area contributed by atoms with E-state index < -0.39 is 0 Å². The van der Waals surface area contributed by atoms with Crippen LogP contribution >= 0.6 is 0 Å². The maximum Gasteiger partial charge on any atom is 0.255 e. The second-order valence-corrected chi connectivity index (χ2v) is 7.75. The number of benzene rings is 3. The summed E-state index contributed by atoms with van der Waals surface area (Å²) >= 11 is 0. The smallest absolute Gasteiger partial charge is 0.255 e. The molecule has 4 aromatic rings. The second-order valence-electron chi connectivity index (χ2n) is 7.75. The van der Waals surface area contributed by atoms with E-state index in [1.165, 1.54) is 5.56 Å². The molecule has 4 nitrogen and oxygen atoms in total. The van der Waals surface area contributed by atoms with Gasteiger partial charge in [0.2, 0.25) is 5.89 Å². The first-order valence-corrected chi connectivity index (χ1v) is 9.80. The zero-order valence-corrected chi connectivity index (χ0v) is 17.1. The molecule has 1 N–H and O–H groups in total. The van der Waals surface area contributed by atoms with Crippen molar-refractivity contribution in [2.45, 2.75) is 33.6 Å². The lowest BCUT2D eigenvalue weighted by molar-refractivity contribution is 0.102. The summed E-state index contributed by atoms with van der Waals surface area (Å²) in [6.07, 6.45) is 0. The van der Waals surface area contributed by atoms with Gasteiger partial charge in [-0.3, -0.25) is 4.79 Å². The van der Waals surface area contributed by atoms with E-state index in [0.29, 0.717) is 17.4 Å². The van der Waals surface area contributed by atoms with Crippen molar-refractivity contribution >= 4 is 22.7 Å². The number of aromatic nitrogens is 1. The van der Waals surface area contributed by atoms with E-state index in [1.807, 2.05) is 74.5 Å². The van der Waals surface area contributed by atoms with Gasteiger partial charge in [-0.15, -0.1) is 0 Å². The van der Waals surface area contributed by atoms with Crippen molar-refractivity contribution in [2.75, 3.05) is 5.32 Å². The van der Waals surface area contributed by atoms with Crippen LogP contribution in [0.4, 0.5) is 5.69 Å². The monoisotopic (exact) mass is 384 g/mol. The third-order valence-electron chi connectivity index (χ3n) is 5.12. The van der Waals surface area contributed by atoms with Crippen molar-refractivity contribution in [1.29, 1.82) is 0 Å². The first-order valence-electron chi connectivity index (χ1n) is 9.80. The van der Waals surface area contributed by atoms with E-state index >= 15 is 0 Å². The molecule has 4 heteroatoms. The summed E-state index contributed by atoms with van der Waals surface area (Å²) in [5, 5.41) is 3.02. The standard InChI is InChI=1S/C25H24N2O2/c1-15(2)18-8-10-19(11-9-18)24(28)26-22-14-20(7-6-17(22)4)25-27-21-12-5-16(3)13-23(21)29-25/h5-15H,1-4H3,(H,26,28). The van der Waals surface area contributed by atoms with Crippen molar-refractivity contribution in [1.82, 2.24) is 4.98 Å². The zero-order chi connectivity index (χ0) is 20.5. The quantitative estimate of drug-likeness (QED) is 0.438. The van der Waals surface area contributed by atoms with Gasteiger partial charge >= 0.3 is 0 Å². The van der Waals surface area contributed by atoms with E-state index in [0.717, 1.165) is 33.5 Å². The molecule has 0 saturated carbocycles. The molecule has 0 bridgehead atoms. The molecule has 1 amide bonds. The first-order chi connectivity index (χ1) is 13.9. The molecule has 0 fully saturated rings. The molecule has 0 saturated heterocycles. The van der Waals surface area contributed by atoms with Crippen LogP contribution in [0.2, 0.25) is 0 Å². The van der Waals surface area contributed by atoms with E-state index in [1.54, 1.807) is 0 Å². The van der Waals surface area contributed by atoms with Gasteiger partial charge in [0.25, 0.3) is 5.91 Å². The molecule has 0 unspecified atom stereocenters. The number of hydrogen-bond acceptors (Lipinski definition) is 3. The normalized spacial score (nSPS) is 11.2. The van der Waals surface area contributed by atoms with Crippen LogP contribution in [0, 0.1) is 13.8 Å². The summed E-state index contributed by atoms with van der Waals surface area (Å²) in [5.41, 5.74) is 7.11. The highest BCUT2D eigenvalue weighted by molar-refractivity contribution is 6.05. The molecule has 0 atom stereocenters. The number of fused-ring (bicyclic) bond motifs is 1. The van der Waals surface area contributed by atoms with Crippen LogP contribution in [-0.2, 0) is 0 Å². The number of aryl methyl sites for hydroxylation is 2. The lowest BCUT2D eigenvalue weighted by Crippen LogP contribution is -2.13. The molecular formula is C25H24N2O2. The lowest BCUT2D eigenvalue weighted by Gasteiger charge is -2.11. The van der Waals surface area contributed by atoms with Gasteiger partial charge in [-0.1, -0.05) is 38.1 Å². The Bertz CT molecular complexity index is 1190. The predicted molar refractivity (Wildman–Crippen MR) is 117 cm³/mol. The van der Waals surface area contributed by atoms with Gasteiger partial charge in [-0.05, 0) is 72.9 Å². The van der Waals surface area contributed by atoms with E-state index in [9.17, 15) is 4.79 Å². The largest absolute Gasteiger partial charge is 0.436 e. The highest BCUT2D eigenvalue weighted by Gasteiger charge is 2.13. The van der Waals surface area contributed by atoms with Gasteiger partial charge in [-0.2, -0.15) is 0 Å². The number of nitrogens with one attached hydrogen (secondary N) is 1. The van der Waals surface area contributed by atoms with Crippen molar-refractivity contribution in [3.63, 3.8) is 0 Å². The molecule has 0 aliphatic carbocycles. The molecule has 4 rings (SSSR count). The summed E-state index contributed by atoms with van der Waals surface area (Å²) in [4.78, 5) is 17.3. The van der Waals surface area contributed by atoms with Gasteiger partial charge in [0.1, 0.15) is 5.52 Å². The number of nitrogens with zero attached hydrogens (tertiary/aromatic N) is 1. The average Bonchev–Trinajstić information content (AvgIpc) is 3.12. The van der Waals surface area contributed by atoms with E-state index in [2.05, 4.69) is 24.1 Å². The van der Waals surface area contributed by atoms with Gasteiger partial charge in [0.15, 0.2) is 5.58 Å². The summed E-state index contributed by atoms with van der Waals surface area (Å²) in [6, 6.07) is 19.5. The molecule has 146 valence electrons. The number of rotatable bonds is 4. The fraction of sp³-hybridized carbons (Fsp3) is 0.200. The van der Waals surface area contributed by atoms with E-state index in [4.69, 9.17) is 4.42 Å². The van der Waals surface area contributed by atoms with Crippen LogP contribution in [0.3, 0.4) is 0 Å². The molecule has 1 aromatic heterocycles. The van der Waals surface area contributed by atoms with Crippen molar-refractivity contribution < 1.29 is 9.21 Å². The predicted octanol–water partition coefficient (Wildman–Crippen LogP) is 6.49. The molecule has 29 heavy (non-hydrogen) atoms. The van der Waals surface area contributed by atoms with E-state index in [-0.39, 0.29) is 5.91 Å². The highest BCUT2D eigenvalue weighted by Crippen LogP contribution is 2.28. The molecule has 1 heterocycles. The summed E-state index contributed by atoms with van der Waals surface area (Å²) in [7, 11) is 0. The van der Waals surface area contributed by atoms with Crippen LogP contribution in [0.5, 0.6) is 0 Å². The highest BCUT2D eigenvalue weighted by atomic mass is 16.3. The van der Waals surface area contributed by atoms with Gasteiger partial charge in [0.05, 0.1) is 0 Å². The number of carbonyl (C=O) groups excluding carboxylic acids is 1. The van der Waals surface area contributed by atoms with Gasteiger partial charge in [0, 0.05) is 16.8 Å². The Kier molecular flexibility index (Phi) is 4.93. The zero-order valence-electron chi connectivity index (χ0n) is 17.1. The maximum atomic E-state index is 12.7. The Labute approximate surface area is 170 Å². The minimum atomic E-state index is -0.131. The number of carbonyl (C=O) groups is 1. The molecule has 0 aliphatic heterocycles. The maximum absolute atomic E-state index is 12.7. The van der Waals surface area contributed by atoms with Gasteiger partial charge in [-0.25, -0.2) is 4.98 Å². The van der Waals surface area contributed by atoms with Crippen LogP contribution in [0.1, 0.15) is 46.8 Å². The molecule has 0 aliphatic rings. The first kappa shape index (κ1) is 18.9. The fourth-order valence-electron chi connectivity index (χ4n) is 3.26. The topological polar surface area (TPSA) is 55.1 Å². The van der Waals surface area contributed by atoms with Crippen LogP contribution < -0.4 is 5.32 Å². The third kappa shape index (κ3) is 3.92. The summed E-state index contributed by atoms with van der Waals surface area (Å²) < 4.78 is 5.93. The molecule has 3 aromatic carbocycles. The van der Waals surface area contributed by atoms with Crippen LogP contribution in [0.15, 0.2) is 65.1 Å². The third-order valence-corrected chi connectivity index (χ3v) is 5.12. The van der Waals surface area contributed by atoms with Crippen molar-refractivity contribution in [3.8, 4) is 11.5 Å². The average molecular weight is 384 g/mol. The Morgan fingerprint density at radius 2 is 1.72 bits per heavy atom. The minimum absolute atomic E-state index is 0.131. The number of oxazole rings is 1. The van der Waals surface area contributed by atoms with Gasteiger partial charge < -0.3 is 9.73 Å². The summed E-state index contributed by atoms with van der Waals surface area (Å²) in [6.45, 7) is 8.26. The number of amides is 1. The number of anilines is 1. The fourth-order valence-corrected chi connectivity index (χ4v) is 3.26. The van der Waals surface area contributed by atoms with Crippen LogP contribution in [-0.4, -0.2) is 10.9 Å². The second kappa shape index (κ2) is 7.55. The Morgan fingerprint density at radius 1 is 0.966 bits per heavy atom. The minimum Gasteiger partial charge on any atom is -0.436 e. The Hall–Kier alpha value is -3.40. The summed E-state index contributed by atoms with van der Waals surface area (Å²) in [5.74, 6) is 0.849. The Morgan fingerprint density at radius 3 is 2.45 bits per heavy atom. The Balaban J connectivity index is 1.61. The van der Waals surface area contributed by atoms with Crippen molar-refractivity contribution in [3.05, 3.63) is 82.9 Å².